The highest BCUT2D eigenvalue weighted by molar-refractivity contribution is 5.87. The molecule has 0 spiro atoms. The van der Waals surface area contributed by atoms with Crippen molar-refractivity contribution in [1.29, 1.82) is 0 Å². The zero-order chi connectivity index (χ0) is 26.3. The first kappa shape index (κ1) is 26.3. The van der Waals surface area contributed by atoms with E-state index in [-0.39, 0.29) is 28.0 Å². The molecule has 0 radical (unpaired) electrons. The third-order valence-electron chi connectivity index (χ3n) is 5.68. The number of phenolic OH excluding ortho intramolecular Hbond substituents is 1. The minimum absolute atomic E-state index is 0.0703. The van der Waals surface area contributed by atoms with Crippen LogP contribution in [-0.2, 0) is 10.8 Å². The van der Waals surface area contributed by atoms with Crippen molar-refractivity contribution in [3.63, 3.8) is 0 Å². The fourth-order valence-corrected chi connectivity index (χ4v) is 3.47. The topological polar surface area (TPSA) is 41.8 Å². The first-order chi connectivity index (χ1) is 16.1. The molecule has 0 heterocycles. The monoisotopic (exact) mass is 487 g/mol. The van der Waals surface area contributed by atoms with Crippen molar-refractivity contribution in [3.8, 4) is 17.2 Å². The number of hydrogen-bond donors (Lipinski definition) is 1. The molecule has 3 aromatic rings. The van der Waals surface area contributed by atoms with Crippen LogP contribution in [-0.4, -0.2) is 11.3 Å². The standard InChI is InChI=1S/C28H29F4NO2/c1-15-21(29)23(31)24(32)26(22(15)30)35-20-11-9-8-10-19(20)33-14-16-12-17(27(2,3)4)13-18(25(16)34)28(5,6)7/h8-14,34H,1-7H3. The minimum atomic E-state index is -1.82. The van der Waals surface area contributed by atoms with Gasteiger partial charge < -0.3 is 9.84 Å². The maximum absolute atomic E-state index is 14.5. The number of benzene rings is 3. The normalized spacial score (nSPS) is 12.4. The molecule has 0 aliphatic heterocycles. The summed E-state index contributed by atoms with van der Waals surface area (Å²) in [6.07, 6.45) is 1.44. The van der Waals surface area contributed by atoms with Crippen LogP contribution in [0.2, 0.25) is 0 Å². The van der Waals surface area contributed by atoms with Gasteiger partial charge in [0.1, 0.15) is 11.4 Å². The quantitative estimate of drug-likeness (QED) is 0.174. The summed E-state index contributed by atoms with van der Waals surface area (Å²) in [5.41, 5.74) is 1.14. The van der Waals surface area contributed by atoms with E-state index in [2.05, 4.69) is 25.8 Å². The van der Waals surface area contributed by atoms with Gasteiger partial charge in [0.05, 0.1) is 0 Å². The second-order valence-electron chi connectivity index (χ2n) is 10.5. The third-order valence-corrected chi connectivity index (χ3v) is 5.68. The van der Waals surface area contributed by atoms with Gasteiger partial charge in [-0.3, -0.25) is 4.99 Å². The molecule has 3 rings (SSSR count). The van der Waals surface area contributed by atoms with E-state index in [4.69, 9.17) is 4.74 Å². The van der Waals surface area contributed by atoms with E-state index < -0.39 is 34.6 Å². The molecular weight excluding hydrogens is 458 g/mol. The molecule has 3 aromatic carbocycles. The van der Waals surface area contributed by atoms with Gasteiger partial charge in [-0.15, -0.1) is 0 Å². The number of ether oxygens (including phenoxy) is 1. The molecule has 0 fully saturated rings. The largest absolute Gasteiger partial charge is 0.507 e. The van der Waals surface area contributed by atoms with E-state index in [1.54, 1.807) is 12.1 Å². The first-order valence-corrected chi connectivity index (χ1v) is 11.1. The van der Waals surface area contributed by atoms with Gasteiger partial charge in [-0.2, -0.15) is 4.39 Å². The van der Waals surface area contributed by atoms with Gasteiger partial charge in [0, 0.05) is 22.9 Å². The average Bonchev–Trinajstić information content (AvgIpc) is 2.77. The van der Waals surface area contributed by atoms with Crippen molar-refractivity contribution >= 4 is 11.9 Å². The second kappa shape index (κ2) is 9.36. The Hall–Kier alpha value is -3.35. The Balaban J connectivity index is 2.09. The number of rotatable bonds is 4. The Morgan fingerprint density at radius 2 is 1.46 bits per heavy atom. The molecule has 0 amide bonds. The molecule has 0 aromatic heterocycles. The Labute approximate surface area is 203 Å². The van der Waals surface area contributed by atoms with Crippen molar-refractivity contribution in [2.24, 2.45) is 4.99 Å². The number of aliphatic imine (C=N–C) groups is 1. The number of halogens is 4. The van der Waals surface area contributed by atoms with Crippen molar-refractivity contribution in [3.05, 3.63) is 81.9 Å². The van der Waals surface area contributed by atoms with Crippen LogP contribution < -0.4 is 4.74 Å². The van der Waals surface area contributed by atoms with Crippen molar-refractivity contribution < 1.29 is 27.4 Å². The molecule has 0 saturated carbocycles. The van der Waals surface area contributed by atoms with Gasteiger partial charge in [-0.1, -0.05) is 59.7 Å². The lowest BCUT2D eigenvalue weighted by molar-refractivity contribution is 0.364. The molecule has 0 aliphatic rings. The summed E-state index contributed by atoms with van der Waals surface area (Å²) in [5.74, 6) is -7.60. The van der Waals surface area contributed by atoms with Gasteiger partial charge in [-0.05, 0) is 41.5 Å². The van der Waals surface area contributed by atoms with E-state index in [1.165, 1.54) is 18.3 Å². The van der Waals surface area contributed by atoms with E-state index in [0.29, 0.717) is 5.56 Å². The molecule has 0 aliphatic carbocycles. The smallest absolute Gasteiger partial charge is 0.207 e. The molecule has 0 unspecified atom stereocenters. The molecule has 3 nitrogen and oxygen atoms in total. The van der Waals surface area contributed by atoms with Crippen molar-refractivity contribution in [1.82, 2.24) is 0 Å². The molecular formula is C28H29F4NO2. The third kappa shape index (κ3) is 5.34. The fraction of sp³-hybridized carbons (Fsp3) is 0.321. The maximum atomic E-state index is 14.5. The van der Waals surface area contributed by atoms with Crippen molar-refractivity contribution in [2.75, 3.05) is 0 Å². The summed E-state index contributed by atoms with van der Waals surface area (Å²) >= 11 is 0. The molecule has 1 N–H and O–H groups in total. The first-order valence-electron chi connectivity index (χ1n) is 11.1. The number of hydrogen-bond acceptors (Lipinski definition) is 3. The molecule has 0 saturated heterocycles. The molecule has 35 heavy (non-hydrogen) atoms. The van der Waals surface area contributed by atoms with Crippen LogP contribution in [0.4, 0.5) is 23.2 Å². The number of phenols is 1. The van der Waals surface area contributed by atoms with Crippen LogP contribution >= 0.6 is 0 Å². The highest BCUT2D eigenvalue weighted by atomic mass is 19.2. The minimum Gasteiger partial charge on any atom is -0.507 e. The predicted molar refractivity (Wildman–Crippen MR) is 130 cm³/mol. The van der Waals surface area contributed by atoms with Gasteiger partial charge in [0.25, 0.3) is 0 Å². The van der Waals surface area contributed by atoms with Gasteiger partial charge >= 0.3 is 0 Å². The van der Waals surface area contributed by atoms with Crippen LogP contribution in [0.5, 0.6) is 17.2 Å². The summed E-state index contributed by atoms with van der Waals surface area (Å²) in [6, 6.07) is 9.91. The maximum Gasteiger partial charge on any atom is 0.207 e. The second-order valence-corrected chi connectivity index (χ2v) is 10.5. The zero-order valence-corrected chi connectivity index (χ0v) is 20.9. The molecule has 186 valence electrons. The van der Waals surface area contributed by atoms with Gasteiger partial charge in [-0.25, -0.2) is 13.2 Å². The summed E-state index contributed by atoms with van der Waals surface area (Å²) in [5, 5.41) is 11.0. The van der Waals surface area contributed by atoms with Crippen LogP contribution in [0, 0.1) is 30.2 Å². The molecule has 0 bridgehead atoms. The summed E-state index contributed by atoms with van der Waals surface area (Å²) in [7, 11) is 0. The van der Waals surface area contributed by atoms with Crippen molar-refractivity contribution in [2.45, 2.75) is 59.3 Å². The van der Waals surface area contributed by atoms with E-state index in [0.717, 1.165) is 18.1 Å². The predicted octanol–water partition coefficient (Wildman–Crippen LogP) is 8.39. The van der Waals surface area contributed by atoms with Crippen LogP contribution in [0.3, 0.4) is 0 Å². The van der Waals surface area contributed by atoms with E-state index >= 15 is 0 Å². The Morgan fingerprint density at radius 3 is 2.06 bits per heavy atom. The van der Waals surface area contributed by atoms with Crippen LogP contribution in [0.25, 0.3) is 0 Å². The highest BCUT2D eigenvalue weighted by Gasteiger charge is 2.26. The van der Waals surface area contributed by atoms with Crippen LogP contribution in [0.15, 0.2) is 41.4 Å². The lowest BCUT2D eigenvalue weighted by Gasteiger charge is -2.27. The van der Waals surface area contributed by atoms with E-state index in [9.17, 15) is 22.7 Å². The Kier molecular flexibility index (Phi) is 7.02. The summed E-state index contributed by atoms with van der Waals surface area (Å²) in [4.78, 5) is 4.38. The summed E-state index contributed by atoms with van der Waals surface area (Å²) < 4.78 is 61.6. The summed E-state index contributed by atoms with van der Waals surface area (Å²) in [6.45, 7) is 13.1. The van der Waals surface area contributed by atoms with Crippen LogP contribution in [0.1, 0.15) is 63.8 Å². The lowest BCUT2D eigenvalue weighted by atomic mass is 9.79. The number of para-hydroxylation sites is 2. The number of nitrogens with zero attached hydrogens (tertiary/aromatic N) is 1. The zero-order valence-electron chi connectivity index (χ0n) is 20.9. The Bertz CT molecular complexity index is 1270. The average molecular weight is 488 g/mol. The number of aromatic hydroxyl groups is 1. The highest BCUT2D eigenvalue weighted by Crippen LogP contribution is 2.39. The van der Waals surface area contributed by atoms with Gasteiger partial charge in [0.2, 0.25) is 11.6 Å². The molecule has 7 heteroatoms. The molecule has 0 atom stereocenters. The lowest BCUT2D eigenvalue weighted by Crippen LogP contribution is -2.17. The Morgan fingerprint density at radius 1 is 0.829 bits per heavy atom. The van der Waals surface area contributed by atoms with E-state index in [1.807, 2.05) is 32.9 Å². The fourth-order valence-electron chi connectivity index (χ4n) is 3.47. The SMILES string of the molecule is Cc1c(F)c(F)c(F)c(Oc2ccccc2N=Cc2cc(C(C)(C)C)cc(C(C)(C)C)c2O)c1F. The van der Waals surface area contributed by atoms with Gasteiger partial charge in [0.15, 0.2) is 23.2 Å².